The smallest absolute Gasteiger partial charge is 0.136 e. The van der Waals surface area contributed by atoms with E-state index in [2.05, 4.69) is 20.8 Å². The fraction of sp³-hybridized carbons (Fsp3) is 0.900. The second-order valence-electron chi connectivity index (χ2n) is 4.22. The van der Waals surface area contributed by atoms with Crippen molar-refractivity contribution in [3.63, 3.8) is 0 Å². The summed E-state index contributed by atoms with van der Waals surface area (Å²) in [5, 5.41) is 0. The quantitative estimate of drug-likeness (QED) is 0.608. The number of ketones is 1. The minimum absolute atomic E-state index is 0.439. The maximum absolute atomic E-state index is 11.3. The zero-order valence-corrected chi connectivity index (χ0v) is 7.76. The van der Waals surface area contributed by atoms with Crippen LogP contribution in [0, 0.1) is 17.8 Å². The molecular formula is C10H18O. The highest BCUT2D eigenvalue weighted by Gasteiger charge is 2.37. The Balaban J connectivity index is 2.12. The minimum Gasteiger partial charge on any atom is -0.299 e. The lowest BCUT2D eigenvalue weighted by atomic mass is 10.0. The lowest BCUT2D eigenvalue weighted by Gasteiger charge is -2.01. The van der Waals surface area contributed by atoms with Gasteiger partial charge < -0.3 is 0 Å². The van der Waals surface area contributed by atoms with Crippen LogP contribution in [0.15, 0.2) is 0 Å². The first-order valence-electron chi connectivity index (χ1n) is 4.64. The lowest BCUT2D eigenvalue weighted by Crippen LogP contribution is -2.03. The van der Waals surface area contributed by atoms with Crippen molar-refractivity contribution in [3.05, 3.63) is 0 Å². The van der Waals surface area contributed by atoms with Crippen molar-refractivity contribution < 1.29 is 4.79 Å². The molecule has 0 aliphatic heterocycles. The highest BCUT2D eigenvalue weighted by molar-refractivity contribution is 5.83. The van der Waals surface area contributed by atoms with Gasteiger partial charge in [0.05, 0.1) is 0 Å². The summed E-state index contributed by atoms with van der Waals surface area (Å²) in [6.45, 7) is 6.51. The molecule has 2 atom stereocenters. The van der Waals surface area contributed by atoms with E-state index in [1.54, 1.807) is 0 Å². The van der Waals surface area contributed by atoms with Gasteiger partial charge in [-0.2, -0.15) is 0 Å². The third-order valence-electron chi connectivity index (χ3n) is 2.49. The van der Waals surface area contributed by atoms with E-state index in [4.69, 9.17) is 0 Å². The molecule has 1 heteroatoms. The van der Waals surface area contributed by atoms with Gasteiger partial charge in [0.1, 0.15) is 5.78 Å². The Bertz CT molecular complexity index is 149. The molecule has 0 aromatic rings. The largest absolute Gasteiger partial charge is 0.299 e. The summed E-state index contributed by atoms with van der Waals surface area (Å²) in [6, 6.07) is 0. The van der Waals surface area contributed by atoms with Crippen molar-refractivity contribution in [3.8, 4) is 0 Å². The zero-order valence-electron chi connectivity index (χ0n) is 7.76. The molecule has 64 valence electrons. The number of Topliss-reactive ketones (excluding diaryl/α,β-unsaturated/α-hetero) is 1. The summed E-state index contributed by atoms with van der Waals surface area (Å²) in [7, 11) is 0. The first-order valence-corrected chi connectivity index (χ1v) is 4.64. The molecule has 0 heterocycles. The van der Waals surface area contributed by atoms with Gasteiger partial charge in [-0.25, -0.2) is 0 Å². The van der Waals surface area contributed by atoms with Crippen molar-refractivity contribution in [1.29, 1.82) is 0 Å². The molecule has 0 N–H and O–H groups in total. The molecule has 1 nitrogen and oxygen atoms in total. The van der Waals surface area contributed by atoms with E-state index in [1.165, 1.54) is 0 Å². The van der Waals surface area contributed by atoms with Gasteiger partial charge in [-0.05, 0) is 24.7 Å². The average molecular weight is 154 g/mol. The highest BCUT2D eigenvalue weighted by Crippen LogP contribution is 2.39. The Morgan fingerprint density at radius 2 is 2.09 bits per heavy atom. The Hall–Kier alpha value is -0.330. The van der Waals surface area contributed by atoms with Crippen LogP contribution in [0.2, 0.25) is 0 Å². The molecule has 11 heavy (non-hydrogen) atoms. The third kappa shape index (κ3) is 2.64. The molecule has 1 fully saturated rings. The maximum atomic E-state index is 11.3. The van der Waals surface area contributed by atoms with E-state index in [9.17, 15) is 4.79 Å². The van der Waals surface area contributed by atoms with Gasteiger partial charge in [-0.1, -0.05) is 20.8 Å². The van der Waals surface area contributed by atoms with Crippen LogP contribution in [0.1, 0.15) is 40.0 Å². The van der Waals surface area contributed by atoms with Crippen LogP contribution in [-0.2, 0) is 4.79 Å². The molecule has 2 unspecified atom stereocenters. The van der Waals surface area contributed by atoms with Gasteiger partial charge in [0.25, 0.3) is 0 Å². The van der Waals surface area contributed by atoms with Crippen molar-refractivity contribution in [2.75, 3.05) is 0 Å². The molecule has 0 saturated heterocycles. The molecule has 0 spiro atoms. The van der Waals surface area contributed by atoms with Crippen molar-refractivity contribution >= 4 is 5.78 Å². The molecule has 0 aromatic carbocycles. The lowest BCUT2D eigenvalue weighted by molar-refractivity contribution is -0.120. The molecule has 0 amide bonds. The van der Waals surface area contributed by atoms with Gasteiger partial charge in [0.2, 0.25) is 0 Å². The second kappa shape index (κ2) is 3.38. The Kier molecular flexibility index (Phi) is 2.69. The Morgan fingerprint density at radius 3 is 2.45 bits per heavy atom. The number of carbonyl (C=O) groups is 1. The van der Waals surface area contributed by atoms with Crippen LogP contribution in [0.4, 0.5) is 0 Å². The van der Waals surface area contributed by atoms with Gasteiger partial charge in [-0.3, -0.25) is 4.79 Å². The predicted octanol–water partition coefficient (Wildman–Crippen LogP) is 2.65. The summed E-state index contributed by atoms with van der Waals surface area (Å²) in [5.41, 5.74) is 0. The number of hydrogen-bond donors (Lipinski definition) is 0. The minimum atomic E-state index is 0.439. The normalized spacial score (nSPS) is 29.1. The molecule has 1 aliphatic carbocycles. The van der Waals surface area contributed by atoms with E-state index in [1.807, 2.05) is 0 Å². The standard InChI is InChI=1S/C10H18O/c1-7(2)4-5-10(11)9-6-8(9)3/h7-9H,4-6H2,1-3H3. The predicted molar refractivity (Wildman–Crippen MR) is 46.4 cm³/mol. The SMILES string of the molecule is CC(C)CCC(=O)C1CC1C. The van der Waals surface area contributed by atoms with Crippen LogP contribution in [0.5, 0.6) is 0 Å². The average Bonchev–Trinajstić information content (AvgIpc) is 2.61. The molecule has 1 rings (SSSR count). The fourth-order valence-corrected chi connectivity index (χ4v) is 1.39. The summed E-state index contributed by atoms with van der Waals surface area (Å²) in [5.74, 6) is 2.31. The first kappa shape index (κ1) is 8.76. The topological polar surface area (TPSA) is 17.1 Å². The van der Waals surface area contributed by atoms with Crippen molar-refractivity contribution in [2.45, 2.75) is 40.0 Å². The monoisotopic (exact) mass is 154 g/mol. The second-order valence-corrected chi connectivity index (χ2v) is 4.22. The van der Waals surface area contributed by atoms with Crippen LogP contribution in [0.3, 0.4) is 0 Å². The van der Waals surface area contributed by atoms with Crippen molar-refractivity contribution in [2.24, 2.45) is 17.8 Å². The molecule has 0 bridgehead atoms. The summed E-state index contributed by atoms with van der Waals surface area (Å²) < 4.78 is 0. The molecule has 0 radical (unpaired) electrons. The van der Waals surface area contributed by atoms with Crippen LogP contribution >= 0.6 is 0 Å². The van der Waals surface area contributed by atoms with E-state index in [0.717, 1.165) is 19.3 Å². The van der Waals surface area contributed by atoms with E-state index >= 15 is 0 Å². The van der Waals surface area contributed by atoms with E-state index in [0.29, 0.717) is 23.5 Å². The highest BCUT2D eigenvalue weighted by atomic mass is 16.1. The number of rotatable bonds is 4. The Labute approximate surface area is 69.2 Å². The molecule has 1 saturated carbocycles. The summed E-state index contributed by atoms with van der Waals surface area (Å²) in [6.07, 6.45) is 3.03. The van der Waals surface area contributed by atoms with Gasteiger partial charge >= 0.3 is 0 Å². The number of hydrogen-bond acceptors (Lipinski definition) is 1. The van der Waals surface area contributed by atoms with E-state index in [-0.39, 0.29) is 0 Å². The third-order valence-corrected chi connectivity index (χ3v) is 2.49. The molecular weight excluding hydrogens is 136 g/mol. The van der Waals surface area contributed by atoms with Crippen LogP contribution < -0.4 is 0 Å². The molecule has 0 aromatic heterocycles. The van der Waals surface area contributed by atoms with E-state index < -0.39 is 0 Å². The summed E-state index contributed by atoms with van der Waals surface area (Å²) >= 11 is 0. The van der Waals surface area contributed by atoms with Gasteiger partial charge in [0.15, 0.2) is 0 Å². The molecule has 1 aliphatic rings. The van der Waals surface area contributed by atoms with Crippen molar-refractivity contribution in [1.82, 2.24) is 0 Å². The first-order chi connectivity index (χ1) is 5.11. The maximum Gasteiger partial charge on any atom is 0.136 e. The van der Waals surface area contributed by atoms with Crippen LogP contribution in [-0.4, -0.2) is 5.78 Å². The van der Waals surface area contributed by atoms with Gasteiger partial charge in [-0.15, -0.1) is 0 Å². The number of carbonyl (C=O) groups excluding carboxylic acids is 1. The van der Waals surface area contributed by atoms with Gasteiger partial charge in [0, 0.05) is 12.3 Å². The summed E-state index contributed by atoms with van der Waals surface area (Å²) in [4.78, 5) is 11.3. The Morgan fingerprint density at radius 1 is 1.55 bits per heavy atom. The zero-order chi connectivity index (χ0) is 8.43. The fourth-order valence-electron chi connectivity index (χ4n) is 1.39. The van der Waals surface area contributed by atoms with Crippen LogP contribution in [0.25, 0.3) is 0 Å².